The van der Waals surface area contributed by atoms with Crippen molar-refractivity contribution in [1.29, 1.82) is 0 Å². The van der Waals surface area contributed by atoms with Crippen LogP contribution < -0.4 is 0 Å². The van der Waals surface area contributed by atoms with Gasteiger partial charge in [0, 0.05) is 25.7 Å². The third-order valence-corrected chi connectivity index (χ3v) is 4.74. The molecule has 3 heterocycles. The molecule has 0 bridgehead atoms. The maximum Gasteiger partial charge on any atom is 0.259 e. The molecule has 0 unspecified atom stereocenters. The van der Waals surface area contributed by atoms with E-state index in [-0.39, 0.29) is 17.1 Å². The molecule has 0 atom stereocenters. The minimum absolute atomic E-state index is 0.0813. The molecule has 0 N–H and O–H groups in total. The Morgan fingerprint density at radius 3 is 2.71 bits per heavy atom. The van der Waals surface area contributed by atoms with Crippen LogP contribution in [0, 0.1) is 5.41 Å². The van der Waals surface area contributed by atoms with Crippen LogP contribution in [0.3, 0.4) is 0 Å². The minimum Gasteiger partial charge on any atom is -0.378 e. The molecule has 0 aromatic carbocycles. The molecule has 2 aromatic rings. The number of fused-ring (bicyclic) bond motifs is 3. The fourth-order valence-electron chi connectivity index (χ4n) is 3.51. The van der Waals surface area contributed by atoms with Crippen LogP contribution in [0.2, 0.25) is 0 Å². The fourth-order valence-corrected chi connectivity index (χ4v) is 3.51. The van der Waals surface area contributed by atoms with Crippen molar-refractivity contribution < 1.29 is 14.3 Å². The molecule has 1 fully saturated rings. The van der Waals surface area contributed by atoms with Crippen LogP contribution in [-0.4, -0.2) is 57.5 Å². The van der Waals surface area contributed by atoms with Gasteiger partial charge in [-0.1, -0.05) is 13.8 Å². The summed E-state index contributed by atoms with van der Waals surface area (Å²) in [6.07, 6.45) is 4.40. The van der Waals surface area contributed by atoms with Gasteiger partial charge in [0.1, 0.15) is 5.56 Å². The second-order valence-corrected chi connectivity index (χ2v) is 7.26. The van der Waals surface area contributed by atoms with Gasteiger partial charge < -0.3 is 9.64 Å². The molecule has 0 saturated carbocycles. The number of carbonyl (C=O) groups is 2. The van der Waals surface area contributed by atoms with E-state index in [1.54, 1.807) is 21.8 Å². The van der Waals surface area contributed by atoms with E-state index in [1.165, 1.54) is 0 Å². The second-order valence-electron chi connectivity index (χ2n) is 7.26. The van der Waals surface area contributed by atoms with Gasteiger partial charge in [0.05, 0.1) is 30.7 Å². The summed E-state index contributed by atoms with van der Waals surface area (Å²) < 4.78 is 6.96. The summed E-state index contributed by atoms with van der Waals surface area (Å²) in [5.41, 5.74) is 2.36. The maximum absolute atomic E-state index is 12.7. The summed E-state index contributed by atoms with van der Waals surface area (Å²) in [5, 5.41) is 4.37. The highest BCUT2D eigenvalue weighted by Crippen LogP contribution is 2.34. The number of hydrogen-bond donors (Lipinski definition) is 0. The number of morpholine rings is 1. The fraction of sp³-hybridized carbons (Fsp3) is 0.529. The zero-order valence-corrected chi connectivity index (χ0v) is 13.9. The van der Waals surface area contributed by atoms with Gasteiger partial charge in [-0.25, -0.2) is 9.50 Å². The van der Waals surface area contributed by atoms with Crippen molar-refractivity contribution in [2.45, 2.75) is 26.7 Å². The molecule has 4 rings (SSSR count). The number of ether oxygens (including phenoxy) is 1. The molecule has 126 valence electrons. The van der Waals surface area contributed by atoms with Gasteiger partial charge >= 0.3 is 0 Å². The third-order valence-electron chi connectivity index (χ3n) is 4.74. The number of ketones is 1. The van der Waals surface area contributed by atoms with Crippen molar-refractivity contribution in [3.8, 4) is 0 Å². The lowest BCUT2D eigenvalue weighted by atomic mass is 9.76. The lowest BCUT2D eigenvalue weighted by molar-refractivity contribution is 0.0304. The molecule has 7 nitrogen and oxygen atoms in total. The average molecular weight is 328 g/mol. The number of aromatic nitrogens is 3. The third kappa shape index (κ3) is 2.39. The Hall–Kier alpha value is -2.28. The molecule has 0 radical (unpaired) electrons. The first-order chi connectivity index (χ1) is 11.5. The molecule has 1 aliphatic heterocycles. The van der Waals surface area contributed by atoms with Crippen molar-refractivity contribution in [3.63, 3.8) is 0 Å². The van der Waals surface area contributed by atoms with E-state index in [4.69, 9.17) is 4.74 Å². The maximum atomic E-state index is 12.7. The SMILES string of the molecule is CC1(C)CC(=O)c2cnc3c(C(=O)N4CCOCC4)cnn3c2C1. The second kappa shape index (κ2) is 5.37. The zero-order valence-electron chi connectivity index (χ0n) is 13.9. The summed E-state index contributed by atoms with van der Waals surface area (Å²) in [6, 6.07) is 0. The lowest BCUT2D eigenvalue weighted by Crippen LogP contribution is -2.40. The van der Waals surface area contributed by atoms with Gasteiger partial charge in [0.2, 0.25) is 0 Å². The summed E-state index contributed by atoms with van der Waals surface area (Å²) >= 11 is 0. The Kier molecular flexibility index (Phi) is 3.42. The first-order valence-electron chi connectivity index (χ1n) is 8.22. The van der Waals surface area contributed by atoms with Crippen LogP contribution in [0.1, 0.15) is 46.7 Å². The van der Waals surface area contributed by atoms with Gasteiger partial charge in [-0.15, -0.1) is 0 Å². The number of Topliss-reactive ketones (excluding diaryl/α,β-unsaturated/α-hetero) is 1. The molecule has 2 aliphatic rings. The summed E-state index contributed by atoms with van der Waals surface area (Å²) in [5.74, 6) is 0.00866. The average Bonchev–Trinajstić information content (AvgIpc) is 2.98. The monoisotopic (exact) mass is 328 g/mol. The summed E-state index contributed by atoms with van der Waals surface area (Å²) in [6.45, 7) is 6.40. The standard InChI is InChI=1S/C17H20N4O3/c1-17(2)7-13-11(14(22)8-17)9-18-15-12(10-19-21(13)15)16(23)20-3-5-24-6-4-20/h9-10H,3-8H2,1-2H3. The lowest BCUT2D eigenvalue weighted by Gasteiger charge is -2.30. The molecule has 0 spiro atoms. The van der Waals surface area contributed by atoms with Crippen molar-refractivity contribution in [3.05, 3.63) is 29.2 Å². The number of amides is 1. The van der Waals surface area contributed by atoms with E-state index in [0.717, 1.165) is 12.1 Å². The Balaban J connectivity index is 1.78. The van der Waals surface area contributed by atoms with E-state index >= 15 is 0 Å². The Morgan fingerprint density at radius 2 is 1.96 bits per heavy atom. The van der Waals surface area contributed by atoms with E-state index in [1.807, 2.05) is 0 Å². The van der Waals surface area contributed by atoms with Crippen LogP contribution in [0.25, 0.3) is 5.65 Å². The topological polar surface area (TPSA) is 76.8 Å². The van der Waals surface area contributed by atoms with Crippen LogP contribution in [0.5, 0.6) is 0 Å². The Morgan fingerprint density at radius 1 is 1.21 bits per heavy atom. The smallest absolute Gasteiger partial charge is 0.259 e. The van der Waals surface area contributed by atoms with Gasteiger partial charge in [0.25, 0.3) is 5.91 Å². The summed E-state index contributed by atoms with van der Waals surface area (Å²) in [7, 11) is 0. The molecular formula is C17H20N4O3. The normalized spacial score (nSPS) is 20.2. The number of nitrogens with zero attached hydrogens (tertiary/aromatic N) is 4. The van der Waals surface area contributed by atoms with Crippen molar-refractivity contribution in [2.24, 2.45) is 5.41 Å². The van der Waals surface area contributed by atoms with Crippen molar-refractivity contribution in [1.82, 2.24) is 19.5 Å². The Bertz CT molecular complexity index is 834. The van der Waals surface area contributed by atoms with Gasteiger partial charge in [-0.2, -0.15) is 5.10 Å². The molecular weight excluding hydrogens is 308 g/mol. The first kappa shape index (κ1) is 15.3. The van der Waals surface area contributed by atoms with Crippen LogP contribution in [-0.2, 0) is 11.2 Å². The number of carbonyl (C=O) groups excluding carboxylic acids is 2. The van der Waals surface area contributed by atoms with E-state index in [9.17, 15) is 9.59 Å². The highest BCUT2D eigenvalue weighted by Gasteiger charge is 2.34. The zero-order chi connectivity index (χ0) is 16.9. The minimum atomic E-state index is -0.112. The van der Waals surface area contributed by atoms with E-state index in [2.05, 4.69) is 23.9 Å². The van der Waals surface area contributed by atoms with Gasteiger partial charge in [-0.05, 0) is 11.8 Å². The first-order valence-corrected chi connectivity index (χ1v) is 8.22. The van der Waals surface area contributed by atoms with Gasteiger partial charge in [0.15, 0.2) is 11.4 Å². The van der Waals surface area contributed by atoms with E-state index < -0.39 is 0 Å². The Labute approximate surface area is 139 Å². The molecule has 24 heavy (non-hydrogen) atoms. The van der Waals surface area contributed by atoms with E-state index in [0.29, 0.717) is 49.5 Å². The predicted octanol–water partition coefficient (Wildman–Crippen LogP) is 1.36. The molecule has 2 aromatic heterocycles. The highest BCUT2D eigenvalue weighted by atomic mass is 16.5. The van der Waals surface area contributed by atoms with Crippen LogP contribution >= 0.6 is 0 Å². The van der Waals surface area contributed by atoms with Crippen LogP contribution in [0.4, 0.5) is 0 Å². The van der Waals surface area contributed by atoms with Crippen molar-refractivity contribution in [2.75, 3.05) is 26.3 Å². The van der Waals surface area contributed by atoms with Crippen molar-refractivity contribution >= 4 is 17.3 Å². The van der Waals surface area contributed by atoms with Crippen LogP contribution in [0.15, 0.2) is 12.4 Å². The molecule has 7 heteroatoms. The van der Waals surface area contributed by atoms with Gasteiger partial charge in [-0.3, -0.25) is 9.59 Å². The predicted molar refractivity (Wildman–Crippen MR) is 86.1 cm³/mol. The number of hydrogen-bond acceptors (Lipinski definition) is 5. The largest absolute Gasteiger partial charge is 0.378 e. The molecule has 1 aliphatic carbocycles. The molecule has 1 saturated heterocycles. The highest BCUT2D eigenvalue weighted by molar-refractivity contribution is 6.01. The summed E-state index contributed by atoms with van der Waals surface area (Å²) in [4.78, 5) is 31.2. The molecule has 1 amide bonds. The quantitative estimate of drug-likeness (QED) is 0.790. The number of rotatable bonds is 1.